The standard InChI is InChI=1S/C18H21N3O2/c1-12-19-16(21-23-12)13-6-5-7-14(10-13)17(22)20-15-11-18(15)8-3-2-4-9-18/h5-7,10,15H,2-4,8-9,11H2,1H3,(H,20,22). The molecule has 1 N–H and O–H groups in total. The average molecular weight is 311 g/mol. The lowest BCUT2D eigenvalue weighted by atomic mass is 9.86. The molecular weight excluding hydrogens is 290 g/mol. The second kappa shape index (κ2) is 5.48. The molecule has 5 nitrogen and oxygen atoms in total. The number of nitrogens with one attached hydrogen (secondary N) is 1. The minimum atomic E-state index is -0.000449. The third-order valence-corrected chi connectivity index (χ3v) is 5.25. The molecule has 0 bridgehead atoms. The van der Waals surface area contributed by atoms with Crippen LogP contribution in [0.2, 0.25) is 0 Å². The van der Waals surface area contributed by atoms with Gasteiger partial charge in [0.2, 0.25) is 11.7 Å². The van der Waals surface area contributed by atoms with Gasteiger partial charge in [-0.15, -0.1) is 0 Å². The number of nitrogens with zero attached hydrogens (tertiary/aromatic N) is 2. The topological polar surface area (TPSA) is 68.0 Å². The van der Waals surface area contributed by atoms with Crippen molar-refractivity contribution in [2.24, 2.45) is 5.41 Å². The Morgan fingerprint density at radius 3 is 2.87 bits per heavy atom. The van der Waals surface area contributed by atoms with Gasteiger partial charge in [-0.1, -0.05) is 36.6 Å². The van der Waals surface area contributed by atoms with Gasteiger partial charge in [-0.2, -0.15) is 4.98 Å². The number of hydrogen-bond donors (Lipinski definition) is 1. The average Bonchev–Trinajstić information content (AvgIpc) is 3.02. The SMILES string of the molecule is Cc1nc(-c2cccc(C(=O)NC3CC34CCCCC4)c2)no1. The molecule has 1 heterocycles. The van der Waals surface area contributed by atoms with Crippen molar-refractivity contribution in [3.8, 4) is 11.4 Å². The lowest BCUT2D eigenvalue weighted by Crippen LogP contribution is -2.30. The minimum absolute atomic E-state index is 0.000449. The first-order valence-electron chi connectivity index (χ1n) is 8.38. The first kappa shape index (κ1) is 14.4. The minimum Gasteiger partial charge on any atom is -0.349 e. The second-order valence-corrected chi connectivity index (χ2v) is 6.87. The van der Waals surface area contributed by atoms with Crippen LogP contribution in [0.15, 0.2) is 28.8 Å². The zero-order valence-corrected chi connectivity index (χ0v) is 13.3. The van der Waals surface area contributed by atoms with Crippen LogP contribution < -0.4 is 5.32 Å². The van der Waals surface area contributed by atoms with E-state index >= 15 is 0 Å². The number of hydrogen-bond acceptors (Lipinski definition) is 4. The summed E-state index contributed by atoms with van der Waals surface area (Å²) in [5, 5.41) is 7.12. The first-order valence-corrected chi connectivity index (χ1v) is 8.38. The molecule has 1 amide bonds. The summed E-state index contributed by atoms with van der Waals surface area (Å²) in [6.45, 7) is 1.75. The summed E-state index contributed by atoms with van der Waals surface area (Å²) < 4.78 is 5.01. The number of amides is 1. The highest BCUT2D eigenvalue weighted by Crippen LogP contribution is 2.56. The Bertz CT molecular complexity index is 731. The van der Waals surface area contributed by atoms with Gasteiger partial charge < -0.3 is 9.84 Å². The summed E-state index contributed by atoms with van der Waals surface area (Å²) in [4.78, 5) is 16.7. The molecule has 0 saturated heterocycles. The largest absolute Gasteiger partial charge is 0.349 e. The molecule has 0 aliphatic heterocycles. The maximum Gasteiger partial charge on any atom is 0.251 e. The molecule has 1 aromatic heterocycles. The van der Waals surface area contributed by atoms with Crippen molar-refractivity contribution in [2.45, 2.75) is 51.5 Å². The fourth-order valence-electron chi connectivity index (χ4n) is 3.82. The van der Waals surface area contributed by atoms with Crippen LogP contribution in [0.3, 0.4) is 0 Å². The summed E-state index contributed by atoms with van der Waals surface area (Å²) in [7, 11) is 0. The van der Waals surface area contributed by atoms with E-state index in [1.807, 2.05) is 24.3 Å². The van der Waals surface area contributed by atoms with Crippen LogP contribution in [-0.2, 0) is 0 Å². The number of rotatable bonds is 3. The number of benzene rings is 1. The van der Waals surface area contributed by atoms with Crippen LogP contribution in [0.5, 0.6) is 0 Å². The van der Waals surface area contributed by atoms with E-state index in [-0.39, 0.29) is 5.91 Å². The molecule has 2 aliphatic rings. The van der Waals surface area contributed by atoms with Gasteiger partial charge in [-0.25, -0.2) is 0 Å². The Labute approximate surface area is 135 Å². The molecule has 1 aromatic carbocycles. The van der Waals surface area contributed by atoms with Crippen LogP contribution in [0.1, 0.15) is 54.8 Å². The molecule has 120 valence electrons. The molecular formula is C18H21N3O2. The molecule has 2 aromatic rings. The molecule has 5 heteroatoms. The monoisotopic (exact) mass is 311 g/mol. The van der Waals surface area contributed by atoms with Crippen molar-refractivity contribution in [3.05, 3.63) is 35.7 Å². The van der Waals surface area contributed by atoms with Crippen molar-refractivity contribution >= 4 is 5.91 Å². The summed E-state index contributed by atoms with van der Waals surface area (Å²) in [5.41, 5.74) is 1.86. The molecule has 1 unspecified atom stereocenters. The van der Waals surface area contributed by atoms with Gasteiger partial charge in [0.15, 0.2) is 0 Å². The molecule has 2 aliphatic carbocycles. The predicted octanol–water partition coefficient (Wildman–Crippen LogP) is 3.50. The maximum absolute atomic E-state index is 12.5. The van der Waals surface area contributed by atoms with Crippen molar-refractivity contribution in [1.82, 2.24) is 15.5 Å². The summed E-state index contributed by atoms with van der Waals surface area (Å²) in [6, 6.07) is 7.77. The third-order valence-electron chi connectivity index (χ3n) is 5.25. The lowest BCUT2D eigenvalue weighted by Gasteiger charge is -2.22. The third kappa shape index (κ3) is 2.76. The molecule has 1 atom stereocenters. The van der Waals surface area contributed by atoms with Crippen molar-refractivity contribution in [2.75, 3.05) is 0 Å². The number of carbonyl (C=O) groups excluding carboxylic acids is 1. The van der Waals surface area contributed by atoms with Crippen LogP contribution in [0.4, 0.5) is 0 Å². The molecule has 2 fully saturated rings. The van der Waals surface area contributed by atoms with Crippen LogP contribution >= 0.6 is 0 Å². The van der Waals surface area contributed by atoms with E-state index in [9.17, 15) is 4.79 Å². The van der Waals surface area contributed by atoms with Gasteiger partial charge >= 0.3 is 0 Å². The number of aromatic nitrogens is 2. The van der Waals surface area contributed by atoms with E-state index in [1.165, 1.54) is 32.1 Å². The number of aryl methyl sites for hydroxylation is 1. The van der Waals surface area contributed by atoms with Gasteiger partial charge in [0.05, 0.1) is 0 Å². The Morgan fingerprint density at radius 1 is 1.30 bits per heavy atom. The quantitative estimate of drug-likeness (QED) is 0.942. The molecule has 2 saturated carbocycles. The van der Waals surface area contributed by atoms with E-state index in [0.717, 1.165) is 12.0 Å². The van der Waals surface area contributed by atoms with E-state index in [1.54, 1.807) is 6.92 Å². The van der Waals surface area contributed by atoms with Crippen molar-refractivity contribution < 1.29 is 9.32 Å². The fourth-order valence-corrected chi connectivity index (χ4v) is 3.82. The van der Waals surface area contributed by atoms with Gasteiger partial charge in [-0.05, 0) is 36.8 Å². The Hall–Kier alpha value is -2.17. The second-order valence-electron chi connectivity index (χ2n) is 6.87. The molecule has 0 radical (unpaired) electrons. The lowest BCUT2D eigenvalue weighted by molar-refractivity contribution is 0.0942. The van der Waals surface area contributed by atoms with Gasteiger partial charge in [-0.3, -0.25) is 4.79 Å². The van der Waals surface area contributed by atoms with Gasteiger partial charge in [0, 0.05) is 24.1 Å². The fraction of sp³-hybridized carbons (Fsp3) is 0.500. The smallest absolute Gasteiger partial charge is 0.251 e. The van der Waals surface area contributed by atoms with E-state index in [4.69, 9.17) is 4.52 Å². The first-order chi connectivity index (χ1) is 11.2. The highest BCUT2D eigenvalue weighted by atomic mass is 16.5. The molecule has 23 heavy (non-hydrogen) atoms. The summed E-state index contributed by atoms with van der Waals surface area (Å²) >= 11 is 0. The Balaban J connectivity index is 1.47. The Morgan fingerprint density at radius 2 is 2.13 bits per heavy atom. The van der Waals surface area contributed by atoms with Gasteiger partial charge in [0.25, 0.3) is 5.91 Å². The van der Waals surface area contributed by atoms with E-state index < -0.39 is 0 Å². The molecule has 4 rings (SSSR count). The van der Waals surface area contributed by atoms with E-state index in [0.29, 0.717) is 28.7 Å². The molecule has 1 spiro atoms. The van der Waals surface area contributed by atoms with Crippen LogP contribution in [0.25, 0.3) is 11.4 Å². The summed E-state index contributed by atoms with van der Waals surface area (Å²) in [5.74, 6) is 1.04. The zero-order chi connectivity index (χ0) is 15.9. The van der Waals surface area contributed by atoms with Gasteiger partial charge in [0.1, 0.15) is 0 Å². The van der Waals surface area contributed by atoms with Crippen molar-refractivity contribution in [3.63, 3.8) is 0 Å². The zero-order valence-electron chi connectivity index (χ0n) is 13.3. The Kier molecular flexibility index (Phi) is 3.43. The highest BCUT2D eigenvalue weighted by molar-refractivity contribution is 5.95. The maximum atomic E-state index is 12.5. The van der Waals surface area contributed by atoms with E-state index in [2.05, 4.69) is 15.5 Å². The van der Waals surface area contributed by atoms with Crippen LogP contribution in [0, 0.1) is 12.3 Å². The summed E-state index contributed by atoms with van der Waals surface area (Å²) in [6.07, 6.45) is 7.62. The van der Waals surface area contributed by atoms with Crippen molar-refractivity contribution in [1.29, 1.82) is 0 Å². The normalized spacial score (nSPS) is 22.0. The predicted molar refractivity (Wildman–Crippen MR) is 85.9 cm³/mol. The highest BCUT2D eigenvalue weighted by Gasteiger charge is 2.54. The number of carbonyl (C=O) groups is 1. The van der Waals surface area contributed by atoms with Crippen LogP contribution in [-0.4, -0.2) is 22.1 Å².